The number of halogens is 1. The fraction of sp³-hybridized carbons (Fsp3) is 0.0667. The summed E-state index contributed by atoms with van der Waals surface area (Å²) in [7, 11) is 0. The first kappa shape index (κ1) is 15.1. The zero-order chi connectivity index (χ0) is 15.6. The number of rotatable bonds is 3. The predicted octanol–water partition coefficient (Wildman–Crippen LogP) is 3.41. The van der Waals surface area contributed by atoms with Gasteiger partial charge in [-0.2, -0.15) is 0 Å². The monoisotopic (exact) mass is 349 g/mol. The van der Waals surface area contributed by atoms with Crippen molar-refractivity contribution in [2.45, 2.75) is 6.92 Å². The Morgan fingerprint density at radius 3 is 2.52 bits per heavy atom. The van der Waals surface area contributed by atoms with Gasteiger partial charge in [-0.05, 0) is 42.8 Å². The normalized spacial score (nSPS) is 10.2. The Morgan fingerprint density at radius 2 is 1.90 bits per heavy atom. The van der Waals surface area contributed by atoms with Gasteiger partial charge in [0.2, 0.25) is 0 Å². The maximum absolute atomic E-state index is 12.1. The molecule has 0 saturated carbocycles. The van der Waals surface area contributed by atoms with Crippen LogP contribution in [0.25, 0.3) is 0 Å². The van der Waals surface area contributed by atoms with Gasteiger partial charge in [0.1, 0.15) is 11.3 Å². The first-order chi connectivity index (χ1) is 9.88. The van der Waals surface area contributed by atoms with Crippen LogP contribution in [0.5, 0.6) is 5.75 Å². The van der Waals surface area contributed by atoms with Crippen molar-refractivity contribution < 1.29 is 19.8 Å². The molecule has 5 nitrogen and oxygen atoms in total. The lowest BCUT2D eigenvalue weighted by Gasteiger charge is -2.10. The van der Waals surface area contributed by atoms with Crippen molar-refractivity contribution in [2.75, 3.05) is 5.32 Å². The number of hydrogen-bond acceptors (Lipinski definition) is 3. The number of carbonyl (C=O) groups excluding carboxylic acids is 1. The van der Waals surface area contributed by atoms with Gasteiger partial charge >= 0.3 is 5.97 Å². The average molecular weight is 350 g/mol. The summed E-state index contributed by atoms with van der Waals surface area (Å²) < 4.78 is 0.767. The second kappa shape index (κ2) is 5.97. The smallest absolute Gasteiger partial charge is 0.339 e. The molecule has 0 unspecified atom stereocenters. The summed E-state index contributed by atoms with van der Waals surface area (Å²) in [5.74, 6) is -1.92. The molecule has 2 aromatic rings. The molecule has 21 heavy (non-hydrogen) atoms. The average Bonchev–Trinajstić information content (AvgIpc) is 2.42. The molecule has 0 atom stereocenters. The minimum Gasteiger partial charge on any atom is -0.507 e. The molecule has 2 aromatic carbocycles. The third-order valence-corrected chi connectivity index (χ3v) is 3.37. The highest BCUT2D eigenvalue weighted by molar-refractivity contribution is 9.10. The molecule has 0 spiro atoms. The van der Waals surface area contributed by atoms with Gasteiger partial charge < -0.3 is 15.5 Å². The fourth-order valence-corrected chi connectivity index (χ4v) is 2.25. The number of benzene rings is 2. The summed E-state index contributed by atoms with van der Waals surface area (Å²) in [6, 6.07) is 9.55. The van der Waals surface area contributed by atoms with Crippen molar-refractivity contribution in [1.82, 2.24) is 0 Å². The third-order valence-electron chi connectivity index (χ3n) is 2.88. The number of amides is 1. The van der Waals surface area contributed by atoms with E-state index in [4.69, 9.17) is 5.11 Å². The number of carboxylic acids is 1. The highest BCUT2D eigenvalue weighted by Gasteiger charge is 2.15. The SMILES string of the molecule is Cc1cc(NC(=O)c2cccc(Br)c2)cc(C(=O)O)c1O. The van der Waals surface area contributed by atoms with Crippen LogP contribution >= 0.6 is 15.9 Å². The molecular formula is C15H12BrNO4. The van der Waals surface area contributed by atoms with Crippen LogP contribution in [0.3, 0.4) is 0 Å². The van der Waals surface area contributed by atoms with E-state index in [0.29, 0.717) is 16.8 Å². The lowest BCUT2D eigenvalue weighted by atomic mass is 10.1. The number of phenols is 1. The molecule has 0 radical (unpaired) electrons. The number of aromatic hydroxyl groups is 1. The van der Waals surface area contributed by atoms with Crippen molar-refractivity contribution in [2.24, 2.45) is 0 Å². The molecule has 0 heterocycles. The minimum atomic E-state index is -1.26. The Bertz CT molecular complexity index is 728. The first-order valence-electron chi connectivity index (χ1n) is 6.02. The van der Waals surface area contributed by atoms with Gasteiger partial charge in [-0.25, -0.2) is 4.79 Å². The van der Waals surface area contributed by atoms with Crippen LogP contribution in [0.4, 0.5) is 5.69 Å². The number of hydrogen-bond donors (Lipinski definition) is 3. The van der Waals surface area contributed by atoms with Crippen LogP contribution in [-0.4, -0.2) is 22.1 Å². The molecule has 0 saturated heterocycles. The Morgan fingerprint density at radius 1 is 1.19 bits per heavy atom. The number of aromatic carboxylic acids is 1. The van der Waals surface area contributed by atoms with E-state index in [-0.39, 0.29) is 17.2 Å². The maximum atomic E-state index is 12.1. The molecule has 3 N–H and O–H groups in total. The van der Waals surface area contributed by atoms with E-state index in [1.54, 1.807) is 31.2 Å². The molecule has 0 aliphatic carbocycles. The van der Waals surface area contributed by atoms with Crippen molar-refractivity contribution >= 4 is 33.5 Å². The highest BCUT2D eigenvalue weighted by Crippen LogP contribution is 2.27. The van der Waals surface area contributed by atoms with Crippen LogP contribution < -0.4 is 5.32 Å². The van der Waals surface area contributed by atoms with Crippen molar-refractivity contribution in [3.8, 4) is 5.75 Å². The standard InChI is InChI=1S/C15H12BrNO4/c1-8-5-11(7-12(13(8)18)15(20)21)17-14(19)9-3-2-4-10(16)6-9/h2-7,18H,1H3,(H,17,19)(H,20,21). The Kier molecular flexibility index (Phi) is 4.28. The number of nitrogens with one attached hydrogen (secondary N) is 1. The molecule has 0 aliphatic rings. The molecule has 108 valence electrons. The topological polar surface area (TPSA) is 86.6 Å². The van der Waals surface area contributed by atoms with Gasteiger partial charge in [0.25, 0.3) is 5.91 Å². The van der Waals surface area contributed by atoms with Gasteiger partial charge in [0.05, 0.1) is 0 Å². The summed E-state index contributed by atoms with van der Waals surface area (Å²) in [6.45, 7) is 1.57. The third kappa shape index (κ3) is 3.41. The van der Waals surface area contributed by atoms with Crippen LogP contribution in [0.15, 0.2) is 40.9 Å². The van der Waals surface area contributed by atoms with Crippen LogP contribution in [0.2, 0.25) is 0 Å². The van der Waals surface area contributed by atoms with Crippen LogP contribution in [0.1, 0.15) is 26.3 Å². The van der Waals surface area contributed by atoms with E-state index in [0.717, 1.165) is 4.47 Å². The van der Waals surface area contributed by atoms with Crippen LogP contribution in [-0.2, 0) is 0 Å². The highest BCUT2D eigenvalue weighted by atomic mass is 79.9. The zero-order valence-corrected chi connectivity index (χ0v) is 12.6. The molecular weight excluding hydrogens is 338 g/mol. The summed E-state index contributed by atoms with van der Waals surface area (Å²) in [6.07, 6.45) is 0. The molecule has 0 fully saturated rings. The van der Waals surface area contributed by atoms with Crippen molar-refractivity contribution in [1.29, 1.82) is 0 Å². The second-order valence-corrected chi connectivity index (χ2v) is 5.37. The summed E-state index contributed by atoms with van der Waals surface area (Å²) in [4.78, 5) is 23.1. The molecule has 0 aliphatic heterocycles. The summed E-state index contributed by atoms with van der Waals surface area (Å²) in [5.41, 5.74) is 0.874. The predicted molar refractivity (Wildman–Crippen MR) is 81.9 cm³/mol. The Balaban J connectivity index is 2.32. The minimum absolute atomic E-state index is 0.250. The summed E-state index contributed by atoms with van der Waals surface area (Å²) >= 11 is 3.28. The van der Waals surface area contributed by atoms with E-state index in [2.05, 4.69) is 21.2 Å². The number of carbonyl (C=O) groups is 2. The number of anilines is 1. The molecule has 0 aromatic heterocycles. The van der Waals surface area contributed by atoms with E-state index < -0.39 is 5.97 Å². The quantitative estimate of drug-likeness (QED) is 0.741. The van der Waals surface area contributed by atoms with Crippen LogP contribution in [0, 0.1) is 6.92 Å². The van der Waals surface area contributed by atoms with Gasteiger partial charge in [-0.1, -0.05) is 22.0 Å². The molecule has 0 bridgehead atoms. The number of carboxylic acid groups (broad SMARTS) is 1. The van der Waals surface area contributed by atoms with Crippen molar-refractivity contribution in [3.05, 3.63) is 57.6 Å². The lowest BCUT2D eigenvalue weighted by molar-refractivity contribution is 0.0693. The molecule has 6 heteroatoms. The maximum Gasteiger partial charge on any atom is 0.339 e. The second-order valence-electron chi connectivity index (χ2n) is 4.46. The summed E-state index contributed by atoms with van der Waals surface area (Å²) in [5, 5.41) is 21.3. The first-order valence-corrected chi connectivity index (χ1v) is 6.81. The van der Waals surface area contributed by atoms with Gasteiger partial charge in [0.15, 0.2) is 0 Å². The van der Waals surface area contributed by atoms with Gasteiger partial charge in [-0.15, -0.1) is 0 Å². The fourth-order valence-electron chi connectivity index (χ4n) is 1.85. The molecule has 2 rings (SSSR count). The van der Waals surface area contributed by atoms with E-state index in [1.807, 2.05) is 0 Å². The molecule has 1 amide bonds. The Labute approximate surface area is 129 Å². The van der Waals surface area contributed by atoms with E-state index in [9.17, 15) is 14.7 Å². The van der Waals surface area contributed by atoms with Gasteiger partial charge in [0, 0.05) is 15.7 Å². The number of aryl methyl sites for hydroxylation is 1. The van der Waals surface area contributed by atoms with E-state index >= 15 is 0 Å². The zero-order valence-electron chi connectivity index (χ0n) is 11.1. The Hall–Kier alpha value is -2.34. The largest absolute Gasteiger partial charge is 0.507 e. The lowest BCUT2D eigenvalue weighted by Crippen LogP contribution is -2.12. The van der Waals surface area contributed by atoms with E-state index in [1.165, 1.54) is 12.1 Å². The van der Waals surface area contributed by atoms with Crippen molar-refractivity contribution in [3.63, 3.8) is 0 Å². The van der Waals surface area contributed by atoms with Gasteiger partial charge in [-0.3, -0.25) is 4.79 Å².